The molecule has 3 rings (SSSR count). The van der Waals surface area contributed by atoms with Crippen LogP contribution in [-0.4, -0.2) is 24.1 Å². The van der Waals surface area contributed by atoms with Gasteiger partial charge in [0.25, 0.3) is 0 Å². The fraction of sp³-hybridized carbons (Fsp3) is 0.278. The Balaban J connectivity index is 1.55. The largest absolute Gasteiger partial charge is 0.418 e. The second kappa shape index (κ2) is 7.27. The van der Waals surface area contributed by atoms with Gasteiger partial charge in [0.2, 0.25) is 0 Å². The van der Waals surface area contributed by atoms with Crippen molar-refractivity contribution in [3.63, 3.8) is 0 Å². The summed E-state index contributed by atoms with van der Waals surface area (Å²) in [5.41, 5.74) is 2.23. The summed E-state index contributed by atoms with van der Waals surface area (Å²) in [5, 5.41) is 2.07. The lowest BCUT2D eigenvalue weighted by molar-refractivity contribution is 0.128. The first-order valence-corrected chi connectivity index (χ1v) is 8.47. The average Bonchev–Trinajstić information content (AvgIpc) is 3.11. The van der Waals surface area contributed by atoms with Crippen molar-refractivity contribution in [3.8, 4) is 10.4 Å². The lowest BCUT2D eigenvalue weighted by Crippen LogP contribution is -2.35. The molecule has 0 bridgehead atoms. The molecule has 114 valence electrons. The molecule has 22 heavy (non-hydrogen) atoms. The van der Waals surface area contributed by atoms with E-state index in [1.54, 1.807) is 16.2 Å². The molecule has 2 heterocycles. The molecule has 1 aromatic heterocycles. The van der Waals surface area contributed by atoms with E-state index in [4.69, 9.17) is 4.74 Å². The lowest BCUT2D eigenvalue weighted by Gasteiger charge is -2.24. The van der Waals surface area contributed by atoms with Gasteiger partial charge in [-0.2, -0.15) is 0 Å². The number of ether oxygens (including phenoxy) is 1. The van der Waals surface area contributed by atoms with Gasteiger partial charge in [-0.15, -0.1) is 11.3 Å². The Morgan fingerprint density at radius 1 is 1.09 bits per heavy atom. The van der Waals surface area contributed by atoms with Crippen molar-refractivity contribution in [1.29, 1.82) is 0 Å². The molecule has 1 aromatic carbocycles. The second-order valence-corrected chi connectivity index (χ2v) is 6.28. The van der Waals surface area contributed by atoms with E-state index in [1.807, 2.05) is 24.3 Å². The van der Waals surface area contributed by atoms with Gasteiger partial charge in [0.15, 0.2) is 0 Å². The van der Waals surface area contributed by atoms with Gasteiger partial charge in [-0.3, -0.25) is 0 Å². The van der Waals surface area contributed by atoms with Crippen molar-refractivity contribution in [3.05, 3.63) is 53.6 Å². The normalized spacial score (nSPS) is 15.2. The molecule has 0 atom stereocenters. The van der Waals surface area contributed by atoms with Crippen molar-refractivity contribution in [2.45, 2.75) is 19.3 Å². The van der Waals surface area contributed by atoms with Crippen LogP contribution < -0.4 is 0 Å². The van der Waals surface area contributed by atoms with Gasteiger partial charge in [0.1, 0.15) is 0 Å². The third-order valence-corrected chi connectivity index (χ3v) is 4.68. The number of benzene rings is 1. The molecular formula is C18H19NO2S. The Kier molecular flexibility index (Phi) is 4.91. The number of thiophene rings is 1. The maximum atomic E-state index is 11.9. The summed E-state index contributed by atoms with van der Waals surface area (Å²) >= 11 is 1.73. The highest BCUT2D eigenvalue weighted by molar-refractivity contribution is 7.13. The minimum absolute atomic E-state index is 0.244. The Bertz CT molecular complexity index is 626. The number of nitrogens with zero attached hydrogens (tertiary/aromatic N) is 1. The molecule has 0 spiro atoms. The molecule has 1 fully saturated rings. The topological polar surface area (TPSA) is 29.5 Å². The van der Waals surface area contributed by atoms with E-state index in [0.29, 0.717) is 0 Å². The molecule has 1 amide bonds. The highest BCUT2D eigenvalue weighted by atomic mass is 32.1. The monoisotopic (exact) mass is 313 g/mol. The molecule has 1 saturated heterocycles. The highest BCUT2D eigenvalue weighted by Gasteiger charge is 2.16. The minimum Gasteiger partial charge on any atom is -0.418 e. The number of piperidine rings is 1. The van der Waals surface area contributed by atoms with Crippen LogP contribution in [0.4, 0.5) is 4.79 Å². The molecule has 0 saturated carbocycles. The van der Waals surface area contributed by atoms with Crippen molar-refractivity contribution in [2.24, 2.45) is 0 Å². The van der Waals surface area contributed by atoms with Gasteiger partial charge < -0.3 is 9.64 Å². The van der Waals surface area contributed by atoms with E-state index >= 15 is 0 Å². The molecule has 0 aliphatic carbocycles. The quantitative estimate of drug-likeness (QED) is 0.746. The van der Waals surface area contributed by atoms with Crippen LogP contribution in [0.3, 0.4) is 0 Å². The molecule has 0 N–H and O–H groups in total. The molecule has 0 radical (unpaired) electrons. The van der Waals surface area contributed by atoms with E-state index in [1.165, 1.54) is 23.1 Å². The zero-order chi connectivity index (χ0) is 15.2. The summed E-state index contributed by atoms with van der Waals surface area (Å²) < 4.78 is 5.20. The van der Waals surface area contributed by atoms with Gasteiger partial charge in [0.05, 0.1) is 6.26 Å². The standard InChI is InChI=1S/C18H19NO2S/c20-18(19-11-2-1-3-12-19)21-13-10-15-6-8-16(9-7-15)17-5-4-14-22-17/h4-10,13-14H,1-3,11-12H2. The predicted octanol–water partition coefficient (Wildman–Crippen LogP) is 5.01. The number of likely N-dealkylation sites (tertiary alicyclic amines) is 1. The van der Waals surface area contributed by atoms with Crippen LogP contribution in [0.2, 0.25) is 0 Å². The van der Waals surface area contributed by atoms with E-state index in [-0.39, 0.29) is 6.09 Å². The van der Waals surface area contributed by atoms with Crippen LogP contribution in [0.25, 0.3) is 16.5 Å². The maximum Gasteiger partial charge on any atom is 0.414 e. The highest BCUT2D eigenvalue weighted by Crippen LogP contribution is 2.24. The number of carbonyl (C=O) groups is 1. The second-order valence-electron chi connectivity index (χ2n) is 5.33. The van der Waals surface area contributed by atoms with Crippen LogP contribution in [0.1, 0.15) is 24.8 Å². The van der Waals surface area contributed by atoms with Crippen LogP contribution in [-0.2, 0) is 4.74 Å². The van der Waals surface area contributed by atoms with Crippen molar-refractivity contribution < 1.29 is 9.53 Å². The fourth-order valence-corrected chi connectivity index (χ4v) is 3.26. The average molecular weight is 313 g/mol. The van der Waals surface area contributed by atoms with E-state index in [9.17, 15) is 4.79 Å². The van der Waals surface area contributed by atoms with Gasteiger partial charge in [0, 0.05) is 18.0 Å². The van der Waals surface area contributed by atoms with E-state index < -0.39 is 0 Å². The number of carbonyl (C=O) groups excluding carboxylic acids is 1. The van der Waals surface area contributed by atoms with Crippen molar-refractivity contribution in [2.75, 3.05) is 13.1 Å². The SMILES string of the molecule is O=C(OC=Cc1ccc(-c2cccs2)cc1)N1CCCCC1. The van der Waals surface area contributed by atoms with Crippen LogP contribution in [0.15, 0.2) is 48.0 Å². The molecule has 2 aromatic rings. The summed E-state index contributed by atoms with van der Waals surface area (Å²) in [5.74, 6) is 0. The van der Waals surface area contributed by atoms with E-state index in [0.717, 1.165) is 31.5 Å². The van der Waals surface area contributed by atoms with Crippen LogP contribution in [0, 0.1) is 0 Å². The third kappa shape index (κ3) is 3.77. The molecule has 3 nitrogen and oxygen atoms in total. The number of hydrogen-bond acceptors (Lipinski definition) is 3. The fourth-order valence-electron chi connectivity index (χ4n) is 2.52. The summed E-state index contributed by atoms with van der Waals surface area (Å²) in [7, 11) is 0. The van der Waals surface area contributed by atoms with Gasteiger partial charge in [-0.1, -0.05) is 30.3 Å². The molecule has 1 aliphatic heterocycles. The maximum absolute atomic E-state index is 11.9. The lowest BCUT2D eigenvalue weighted by atomic mass is 10.1. The Hall–Kier alpha value is -2.07. The molecular weight excluding hydrogens is 294 g/mol. The summed E-state index contributed by atoms with van der Waals surface area (Å²) in [6.45, 7) is 1.62. The minimum atomic E-state index is -0.244. The number of hydrogen-bond donors (Lipinski definition) is 0. The Morgan fingerprint density at radius 3 is 2.55 bits per heavy atom. The van der Waals surface area contributed by atoms with Crippen LogP contribution >= 0.6 is 11.3 Å². The first-order chi connectivity index (χ1) is 10.8. The molecule has 4 heteroatoms. The van der Waals surface area contributed by atoms with Crippen LogP contribution in [0.5, 0.6) is 0 Å². The van der Waals surface area contributed by atoms with Crippen molar-refractivity contribution >= 4 is 23.5 Å². The van der Waals surface area contributed by atoms with Crippen molar-refractivity contribution in [1.82, 2.24) is 4.90 Å². The molecule has 1 aliphatic rings. The Morgan fingerprint density at radius 2 is 1.86 bits per heavy atom. The van der Waals surface area contributed by atoms with Gasteiger partial charge >= 0.3 is 6.09 Å². The van der Waals surface area contributed by atoms with Gasteiger partial charge in [-0.25, -0.2) is 4.79 Å². The number of rotatable bonds is 3. The Labute approximate surface area is 134 Å². The number of amides is 1. The van der Waals surface area contributed by atoms with E-state index in [2.05, 4.69) is 23.6 Å². The summed E-state index contributed by atoms with van der Waals surface area (Å²) in [6, 6.07) is 12.4. The molecule has 0 unspecified atom stereocenters. The third-order valence-electron chi connectivity index (χ3n) is 3.76. The zero-order valence-electron chi connectivity index (χ0n) is 12.4. The smallest absolute Gasteiger partial charge is 0.414 e. The summed E-state index contributed by atoms with van der Waals surface area (Å²) in [6.07, 6.45) is 6.41. The predicted molar refractivity (Wildman–Crippen MR) is 90.7 cm³/mol. The first kappa shape index (κ1) is 14.9. The summed E-state index contributed by atoms with van der Waals surface area (Å²) in [4.78, 5) is 14.9. The zero-order valence-corrected chi connectivity index (χ0v) is 13.2. The van der Waals surface area contributed by atoms with Gasteiger partial charge in [-0.05, 0) is 47.9 Å². The first-order valence-electron chi connectivity index (χ1n) is 7.59.